The number of ether oxygens (including phenoxy) is 1. The normalized spacial score (nSPS) is 14.2. The van der Waals surface area contributed by atoms with Crippen molar-refractivity contribution in [2.75, 3.05) is 24.6 Å². The fourth-order valence-electron chi connectivity index (χ4n) is 2.98. The number of anilines is 1. The Balaban J connectivity index is 1.50. The third kappa shape index (κ3) is 3.56. The van der Waals surface area contributed by atoms with Gasteiger partial charge in [0.15, 0.2) is 17.3 Å². The van der Waals surface area contributed by atoms with E-state index in [1.165, 1.54) is 19.3 Å². The molecular weight excluding hydrogens is 314 g/mol. The number of nitrogens with one attached hydrogen (secondary N) is 1. The van der Waals surface area contributed by atoms with Crippen molar-refractivity contribution in [1.29, 1.82) is 0 Å². The molecule has 0 radical (unpaired) electrons. The molecule has 1 saturated heterocycles. The van der Waals surface area contributed by atoms with Crippen molar-refractivity contribution in [2.24, 2.45) is 0 Å². The van der Waals surface area contributed by atoms with Crippen LogP contribution in [0.1, 0.15) is 25.1 Å². The molecule has 0 unspecified atom stereocenters. The van der Waals surface area contributed by atoms with Crippen LogP contribution in [0.4, 0.5) is 5.82 Å². The van der Waals surface area contributed by atoms with Gasteiger partial charge in [0, 0.05) is 13.1 Å². The van der Waals surface area contributed by atoms with Gasteiger partial charge in [-0.25, -0.2) is 15.0 Å². The van der Waals surface area contributed by atoms with Crippen molar-refractivity contribution in [2.45, 2.75) is 19.3 Å². The van der Waals surface area contributed by atoms with Gasteiger partial charge in [0.2, 0.25) is 0 Å². The summed E-state index contributed by atoms with van der Waals surface area (Å²) in [6.45, 7) is 2.36. The van der Waals surface area contributed by atoms with Gasteiger partial charge in [0.1, 0.15) is 24.2 Å². The molecule has 2 aromatic heterocycles. The van der Waals surface area contributed by atoms with Gasteiger partial charge in [-0.05, 0) is 37.3 Å². The summed E-state index contributed by atoms with van der Waals surface area (Å²) in [5, 5.41) is 0. The Kier molecular flexibility index (Phi) is 4.46. The van der Waals surface area contributed by atoms with Crippen LogP contribution >= 0.6 is 0 Å². The van der Waals surface area contributed by atoms with Crippen LogP contribution in [-0.4, -0.2) is 39.6 Å². The summed E-state index contributed by atoms with van der Waals surface area (Å²) in [5.41, 5.74) is 1.52. The van der Waals surface area contributed by atoms with E-state index in [-0.39, 0.29) is 0 Å². The van der Waals surface area contributed by atoms with E-state index in [4.69, 9.17) is 4.74 Å². The number of H-pyrrole nitrogens is 1. The first kappa shape index (κ1) is 15.5. The highest BCUT2D eigenvalue weighted by Gasteiger charge is 2.17. The van der Waals surface area contributed by atoms with Crippen LogP contribution in [-0.2, 0) is 0 Å². The number of rotatable bonds is 3. The molecule has 1 aliphatic rings. The van der Waals surface area contributed by atoms with E-state index in [1.54, 1.807) is 6.33 Å². The molecule has 6 nitrogen and oxygen atoms in total. The number of benzene rings is 1. The topological polar surface area (TPSA) is 66.9 Å². The molecular formula is C19H19N5O. The van der Waals surface area contributed by atoms with E-state index >= 15 is 0 Å². The maximum Gasteiger partial charge on any atom is 0.185 e. The zero-order chi connectivity index (χ0) is 16.9. The SMILES string of the molecule is C(#Cc1nc2ncnc(N3CCCCC3)c2[nH]1)COc1ccccc1. The van der Waals surface area contributed by atoms with Gasteiger partial charge < -0.3 is 14.6 Å². The summed E-state index contributed by atoms with van der Waals surface area (Å²) in [7, 11) is 0. The Hall–Kier alpha value is -3.07. The molecule has 0 amide bonds. The van der Waals surface area contributed by atoms with Gasteiger partial charge in [-0.2, -0.15) is 0 Å². The quantitative estimate of drug-likeness (QED) is 0.747. The summed E-state index contributed by atoms with van der Waals surface area (Å²) < 4.78 is 5.57. The molecule has 1 aromatic carbocycles. The molecule has 4 rings (SSSR count). The second-order valence-electron chi connectivity index (χ2n) is 5.93. The van der Waals surface area contributed by atoms with Gasteiger partial charge in [-0.15, -0.1) is 0 Å². The van der Waals surface area contributed by atoms with Crippen LogP contribution < -0.4 is 9.64 Å². The van der Waals surface area contributed by atoms with Crippen LogP contribution in [0.3, 0.4) is 0 Å². The average molecular weight is 333 g/mol. The van der Waals surface area contributed by atoms with Gasteiger partial charge in [0.05, 0.1) is 0 Å². The maximum absolute atomic E-state index is 5.57. The molecule has 0 bridgehead atoms. The van der Waals surface area contributed by atoms with Crippen LogP contribution in [0.2, 0.25) is 0 Å². The molecule has 3 aromatic rings. The van der Waals surface area contributed by atoms with Crippen LogP contribution in [0.5, 0.6) is 5.75 Å². The van der Waals surface area contributed by atoms with E-state index in [2.05, 4.69) is 36.7 Å². The number of hydrogen-bond donors (Lipinski definition) is 1. The fraction of sp³-hybridized carbons (Fsp3) is 0.316. The van der Waals surface area contributed by atoms with Crippen molar-refractivity contribution in [3.63, 3.8) is 0 Å². The molecule has 1 aliphatic heterocycles. The molecule has 6 heteroatoms. The number of para-hydroxylation sites is 1. The highest BCUT2D eigenvalue weighted by molar-refractivity contribution is 5.83. The number of fused-ring (bicyclic) bond motifs is 1. The van der Waals surface area contributed by atoms with Crippen molar-refractivity contribution in [3.8, 4) is 17.6 Å². The predicted octanol–water partition coefficient (Wildman–Crippen LogP) is 2.77. The first-order chi connectivity index (χ1) is 12.4. The third-order valence-corrected chi connectivity index (χ3v) is 4.18. The van der Waals surface area contributed by atoms with Crippen LogP contribution in [0, 0.1) is 11.8 Å². The zero-order valence-electron chi connectivity index (χ0n) is 13.9. The minimum Gasteiger partial charge on any atom is -0.481 e. The molecule has 0 aliphatic carbocycles. The van der Waals surface area contributed by atoms with E-state index in [0.29, 0.717) is 18.1 Å². The van der Waals surface area contributed by atoms with Crippen molar-refractivity contribution in [3.05, 3.63) is 42.5 Å². The summed E-state index contributed by atoms with van der Waals surface area (Å²) in [5.74, 6) is 8.30. The summed E-state index contributed by atoms with van der Waals surface area (Å²) >= 11 is 0. The number of aromatic amines is 1. The van der Waals surface area contributed by atoms with Crippen LogP contribution in [0.25, 0.3) is 11.2 Å². The first-order valence-electron chi connectivity index (χ1n) is 8.52. The summed E-state index contributed by atoms with van der Waals surface area (Å²) in [4.78, 5) is 18.7. The lowest BCUT2D eigenvalue weighted by Gasteiger charge is -2.27. The third-order valence-electron chi connectivity index (χ3n) is 4.18. The number of imidazole rings is 1. The average Bonchev–Trinajstić information content (AvgIpc) is 3.10. The Bertz CT molecular complexity index is 904. The van der Waals surface area contributed by atoms with Crippen LogP contribution in [0.15, 0.2) is 36.7 Å². The summed E-state index contributed by atoms with van der Waals surface area (Å²) in [6.07, 6.45) is 5.25. The number of aromatic nitrogens is 4. The van der Waals surface area contributed by atoms with Crippen molar-refractivity contribution in [1.82, 2.24) is 19.9 Å². The van der Waals surface area contributed by atoms with Gasteiger partial charge in [0.25, 0.3) is 0 Å². The summed E-state index contributed by atoms with van der Waals surface area (Å²) in [6, 6.07) is 9.63. The van der Waals surface area contributed by atoms with Gasteiger partial charge in [-0.1, -0.05) is 24.1 Å². The molecule has 3 heterocycles. The Morgan fingerprint density at radius 1 is 1.08 bits per heavy atom. The molecule has 0 saturated carbocycles. The first-order valence-corrected chi connectivity index (χ1v) is 8.52. The minimum absolute atomic E-state index is 0.311. The van der Waals surface area contributed by atoms with Gasteiger partial charge in [-0.3, -0.25) is 0 Å². The molecule has 126 valence electrons. The molecule has 0 spiro atoms. The number of nitrogens with zero attached hydrogens (tertiary/aromatic N) is 4. The number of piperidine rings is 1. The Labute approximate surface area is 146 Å². The molecule has 25 heavy (non-hydrogen) atoms. The van der Waals surface area contributed by atoms with E-state index in [0.717, 1.165) is 30.2 Å². The maximum atomic E-state index is 5.57. The fourth-order valence-corrected chi connectivity index (χ4v) is 2.98. The predicted molar refractivity (Wildman–Crippen MR) is 96.6 cm³/mol. The standard InChI is InChI=1S/C19H19N5O/c1-3-8-15(9-4-1)25-13-7-10-16-22-17-18(23-16)20-14-21-19(17)24-11-5-2-6-12-24/h1,3-4,8-9,14H,2,5-6,11-13H2,(H,20,21,22,23). The lowest BCUT2D eigenvalue weighted by Crippen LogP contribution is -2.30. The molecule has 1 fully saturated rings. The lowest BCUT2D eigenvalue weighted by atomic mass is 10.1. The van der Waals surface area contributed by atoms with E-state index in [1.807, 2.05) is 30.3 Å². The lowest BCUT2D eigenvalue weighted by molar-refractivity contribution is 0.370. The second-order valence-corrected chi connectivity index (χ2v) is 5.93. The molecule has 1 N–H and O–H groups in total. The van der Waals surface area contributed by atoms with Gasteiger partial charge >= 0.3 is 0 Å². The van der Waals surface area contributed by atoms with E-state index in [9.17, 15) is 0 Å². The van der Waals surface area contributed by atoms with E-state index < -0.39 is 0 Å². The smallest absolute Gasteiger partial charge is 0.185 e. The van der Waals surface area contributed by atoms with Crippen molar-refractivity contribution < 1.29 is 4.74 Å². The minimum atomic E-state index is 0.311. The number of hydrogen-bond acceptors (Lipinski definition) is 5. The van der Waals surface area contributed by atoms with Crippen molar-refractivity contribution >= 4 is 17.0 Å². The largest absolute Gasteiger partial charge is 0.481 e. The zero-order valence-corrected chi connectivity index (χ0v) is 13.9. The highest BCUT2D eigenvalue weighted by Crippen LogP contribution is 2.23. The highest BCUT2D eigenvalue weighted by atomic mass is 16.5. The Morgan fingerprint density at radius 2 is 1.92 bits per heavy atom. The Morgan fingerprint density at radius 3 is 2.76 bits per heavy atom. The second kappa shape index (κ2) is 7.22. The monoisotopic (exact) mass is 333 g/mol. The molecule has 0 atom stereocenters.